The highest BCUT2D eigenvalue weighted by Gasteiger charge is 2.49. The molecule has 1 fully saturated rings. The van der Waals surface area contributed by atoms with Crippen molar-refractivity contribution in [3.8, 4) is 11.5 Å². The molecular weight excluding hydrogens is 417 g/mol. The summed E-state index contributed by atoms with van der Waals surface area (Å²) in [7, 11) is 0. The molecule has 156 valence electrons. The molecule has 2 aromatic carbocycles. The number of ether oxygens (including phenoxy) is 2. The summed E-state index contributed by atoms with van der Waals surface area (Å²) in [4.78, 5) is 38.6. The van der Waals surface area contributed by atoms with E-state index in [0.717, 1.165) is 11.0 Å². The Morgan fingerprint density at radius 1 is 1.20 bits per heavy atom. The second kappa shape index (κ2) is 7.49. The van der Waals surface area contributed by atoms with E-state index < -0.39 is 35.7 Å². The van der Waals surface area contributed by atoms with Crippen molar-refractivity contribution in [1.29, 1.82) is 0 Å². The van der Waals surface area contributed by atoms with Crippen LogP contribution in [0.2, 0.25) is 5.02 Å². The molecule has 0 saturated carbocycles. The Bertz CT molecular complexity index is 1060. The highest BCUT2D eigenvalue weighted by atomic mass is 35.5. The number of nitrogens with one attached hydrogen (secondary N) is 2. The van der Waals surface area contributed by atoms with Crippen molar-refractivity contribution < 1.29 is 28.2 Å². The van der Waals surface area contributed by atoms with E-state index in [1.165, 1.54) is 12.1 Å². The average molecular weight is 434 g/mol. The Balaban J connectivity index is 1.50. The molecule has 2 aliphatic heterocycles. The number of rotatable bonds is 4. The molecular formula is C20H17ClFN3O5. The summed E-state index contributed by atoms with van der Waals surface area (Å²) >= 11 is 5.70. The number of benzene rings is 2. The predicted octanol–water partition coefficient (Wildman–Crippen LogP) is 2.66. The Morgan fingerprint density at radius 3 is 2.67 bits per heavy atom. The summed E-state index contributed by atoms with van der Waals surface area (Å²) in [5.74, 6) is -0.811. The molecule has 0 bridgehead atoms. The second-order valence-corrected chi connectivity index (χ2v) is 7.39. The van der Waals surface area contributed by atoms with Gasteiger partial charge in [-0.2, -0.15) is 0 Å². The van der Waals surface area contributed by atoms with Crippen molar-refractivity contribution >= 4 is 35.1 Å². The Kier molecular flexibility index (Phi) is 4.98. The van der Waals surface area contributed by atoms with Gasteiger partial charge in [0.05, 0.1) is 5.02 Å². The molecule has 0 aromatic heterocycles. The van der Waals surface area contributed by atoms with Crippen molar-refractivity contribution in [1.82, 2.24) is 10.2 Å². The SMILES string of the molecule is C[C@]1(c2ccc3c(c2)OCCO3)NC(=O)N(CC(=O)Nc2ccc(F)c(Cl)c2)C1=O. The van der Waals surface area contributed by atoms with E-state index in [0.29, 0.717) is 30.3 Å². The van der Waals surface area contributed by atoms with Gasteiger partial charge in [-0.05, 0) is 42.8 Å². The number of amides is 4. The van der Waals surface area contributed by atoms with E-state index in [-0.39, 0.29) is 10.7 Å². The standard InChI is InChI=1S/C20H17ClFN3O5/c1-20(11-2-5-15-16(8-11)30-7-6-29-15)18(27)25(19(28)24-20)10-17(26)23-12-3-4-14(22)13(21)9-12/h2-5,8-9H,6-7,10H2,1H3,(H,23,26)(H,24,28)/t20-/m1/s1. The predicted molar refractivity (Wildman–Crippen MR) is 105 cm³/mol. The van der Waals surface area contributed by atoms with Crippen molar-refractivity contribution in [2.45, 2.75) is 12.5 Å². The summed E-state index contributed by atoms with van der Waals surface area (Å²) in [5, 5.41) is 4.96. The lowest BCUT2D eigenvalue weighted by atomic mass is 9.91. The smallest absolute Gasteiger partial charge is 0.325 e. The molecule has 4 amide bonds. The fourth-order valence-corrected chi connectivity index (χ4v) is 3.49. The number of carbonyl (C=O) groups excluding carboxylic acids is 3. The van der Waals surface area contributed by atoms with Crippen LogP contribution in [0.3, 0.4) is 0 Å². The number of carbonyl (C=O) groups is 3. The van der Waals surface area contributed by atoms with Gasteiger partial charge in [-0.1, -0.05) is 17.7 Å². The average Bonchev–Trinajstić information content (AvgIpc) is 2.94. The molecule has 10 heteroatoms. The molecule has 2 N–H and O–H groups in total. The van der Waals surface area contributed by atoms with Crippen LogP contribution in [0.25, 0.3) is 0 Å². The normalized spacial score (nSPS) is 20.2. The lowest BCUT2D eigenvalue weighted by Gasteiger charge is -2.25. The first-order valence-electron chi connectivity index (χ1n) is 9.07. The number of imide groups is 1. The number of hydrogen-bond donors (Lipinski definition) is 2. The molecule has 1 saturated heterocycles. The van der Waals surface area contributed by atoms with Crippen molar-refractivity contribution in [2.24, 2.45) is 0 Å². The third-order valence-electron chi connectivity index (χ3n) is 4.90. The molecule has 2 aliphatic rings. The minimum atomic E-state index is -1.37. The summed E-state index contributed by atoms with van der Waals surface area (Å²) in [6.45, 7) is 1.85. The van der Waals surface area contributed by atoms with Gasteiger partial charge in [0.25, 0.3) is 5.91 Å². The quantitative estimate of drug-likeness (QED) is 0.722. The summed E-state index contributed by atoms with van der Waals surface area (Å²) in [6.07, 6.45) is 0. The fourth-order valence-electron chi connectivity index (χ4n) is 3.31. The Labute approximate surface area is 175 Å². The summed E-state index contributed by atoms with van der Waals surface area (Å²) in [6, 6.07) is 7.92. The molecule has 0 spiro atoms. The lowest BCUT2D eigenvalue weighted by molar-refractivity contribution is -0.133. The largest absolute Gasteiger partial charge is 0.486 e. The minimum Gasteiger partial charge on any atom is -0.486 e. The zero-order valence-electron chi connectivity index (χ0n) is 15.8. The van der Waals surface area contributed by atoms with Gasteiger partial charge in [0, 0.05) is 5.69 Å². The first-order valence-corrected chi connectivity index (χ1v) is 9.45. The van der Waals surface area contributed by atoms with Gasteiger partial charge in [0.2, 0.25) is 5.91 Å². The van der Waals surface area contributed by atoms with Gasteiger partial charge in [0.15, 0.2) is 11.5 Å². The monoisotopic (exact) mass is 433 g/mol. The summed E-state index contributed by atoms with van der Waals surface area (Å²) in [5.41, 5.74) is -0.627. The van der Waals surface area contributed by atoms with E-state index in [9.17, 15) is 18.8 Å². The highest BCUT2D eigenvalue weighted by molar-refractivity contribution is 6.31. The van der Waals surface area contributed by atoms with Crippen molar-refractivity contribution in [3.05, 3.63) is 52.8 Å². The van der Waals surface area contributed by atoms with Crippen molar-refractivity contribution in [2.75, 3.05) is 25.1 Å². The maximum absolute atomic E-state index is 13.3. The van der Waals surface area contributed by atoms with E-state index in [2.05, 4.69) is 10.6 Å². The van der Waals surface area contributed by atoms with Crippen LogP contribution in [0.15, 0.2) is 36.4 Å². The van der Waals surface area contributed by atoms with Gasteiger partial charge >= 0.3 is 6.03 Å². The third-order valence-corrected chi connectivity index (χ3v) is 5.19. The minimum absolute atomic E-state index is 0.158. The lowest BCUT2D eigenvalue weighted by Crippen LogP contribution is -2.42. The fraction of sp³-hybridized carbons (Fsp3) is 0.250. The molecule has 8 nitrogen and oxygen atoms in total. The van der Waals surface area contributed by atoms with Crippen LogP contribution in [-0.4, -0.2) is 42.5 Å². The van der Waals surface area contributed by atoms with Crippen LogP contribution in [0.1, 0.15) is 12.5 Å². The van der Waals surface area contributed by atoms with Crippen molar-refractivity contribution in [3.63, 3.8) is 0 Å². The molecule has 2 heterocycles. The Morgan fingerprint density at radius 2 is 1.93 bits per heavy atom. The Hall–Kier alpha value is -3.33. The first-order chi connectivity index (χ1) is 14.3. The number of halogens is 2. The topological polar surface area (TPSA) is 97.0 Å². The summed E-state index contributed by atoms with van der Waals surface area (Å²) < 4.78 is 24.3. The van der Waals surface area contributed by atoms with Crippen LogP contribution in [-0.2, 0) is 15.1 Å². The van der Waals surface area contributed by atoms with Gasteiger partial charge in [-0.3, -0.25) is 14.5 Å². The van der Waals surface area contributed by atoms with Crippen LogP contribution in [0, 0.1) is 5.82 Å². The van der Waals surface area contributed by atoms with Crippen LogP contribution in [0.4, 0.5) is 14.9 Å². The number of hydrogen-bond acceptors (Lipinski definition) is 5. The van der Waals surface area contributed by atoms with E-state index in [1.807, 2.05) is 0 Å². The molecule has 2 aromatic rings. The van der Waals surface area contributed by atoms with E-state index >= 15 is 0 Å². The number of nitrogens with zero attached hydrogens (tertiary/aromatic N) is 1. The highest BCUT2D eigenvalue weighted by Crippen LogP contribution is 2.36. The second-order valence-electron chi connectivity index (χ2n) is 6.98. The van der Waals surface area contributed by atoms with Crippen LogP contribution >= 0.6 is 11.6 Å². The van der Waals surface area contributed by atoms with E-state index in [4.69, 9.17) is 21.1 Å². The van der Waals surface area contributed by atoms with Crippen LogP contribution < -0.4 is 20.1 Å². The number of anilines is 1. The van der Waals surface area contributed by atoms with E-state index in [1.54, 1.807) is 25.1 Å². The zero-order chi connectivity index (χ0) is 21.5. The maximum atomic E-state index is 13.3. The molecule has 1 atom stereocenters. The van der Waals surface area contributed by atoms with Gasteiger partial charge in [0.1, 0.15) is 31.1 Å². The molecule has 30 heavy (non-hydrogen) atoms. The molecule has 0 unspecified atom stereocenters. The first kappa shape index (κ1) is 20.0. The van der Waals surface area contributed by atoms with Gasteiger partial charge in [-0.25, -0.2) is 9.18 Å². The molecule has 4 rings (SSSR count). The number of fused-ring (bicyclic) bond motifs is 1. The molecule has 0 radical (unpaired) electrons. The molecule has 0 aliphatic carbocycles. The zero-order valence-corrected chi connectivity index (χ0v) is 16.6. The van der Waals surface area contributed by atoms with Gasteiger partial charge in [-0.15, -0.1) is 0 Å². The number of urea groups is 1. The van der Waals surface area contributed by atoms with Crippen LogP contribution in [0.5, 0.6) is 11.5 Å². The van der Waals surface area contributed by atoms with Gasteiger partial charge < -0.3 is 20.1 Å². The maximum Gasteiger partial charge on any atom is 0.325 e. The third kappa shape index (κ3) is 3.52.